The Kier molecular flexibility index (Phi) is 6.09. The first-order valence-electron chi connectivity index (χ1n) is 9.64. The van der Waals surface area contributed by atoms with Gasteiger partial charge < -0.3 is 0 Å². The monoisotopic (exact) mass is 456 g/mol. The van der Waals surface area contributed by atoms with Gasteiger partial charge in [0.2, 0.25) is 0 Å². The second-order valence-corrected chi connectivity index (χ2v) is 10.3. The number of hydrogen-bond donors (Lipinski definition) is 0. The van der Waals surface area contributed by atoms with E-state index in [4.69, 9.17) is 16.6 Å². The molecule has 0 saturated carbocycles. The van der Waals surface area contributed by atoms with Crippen molar-refractivity contribution in [2.24, 2.45) is 0 Å². The summed E-state index contributed by atoms with van der Waals surface area (Å²) in [7, 11) is 0. The molecule has 2 heterocycles. The van der Waals surface area contributed by atoms with E-state index >= 15 is 0 Å². The molecule has 0 saturated heterocycles. The fourth-order valence-electron chi connectivity index (χ4n) is 3.55. The summed E-state index contributed by atoms with van der Waals surface area (Å²) in [4.78, 5) is 31.6. The molecule has 4 rings (SSSR count). The minimum Gasteiger partial charge on any atom is -0.293 e. The van der Waals surface area contributed by atoms with E-state index < -0.39 is 0 Å². The molecule has 1 atom stereocenters. The molecule has 30 heavy (non-hydrogen) atoms. The van der Waals surface area contributed by atoms with Crippen LogP contribution in [0.25, 0.3) is 5.69 Å². The number of carbonyl (C=O) groups excluding carboxylic acids is 1. The maximum Gasteiger partial charge on any atom is 0.272 e. The normalized spacial score (nSPS) is 15.3. The molecule has 1 aromatic heterocycles. The number of fused-ring (bicyclic) bond motifs is 1. The summed E-state index contributed by atoms with van der Waals surface area (Å²) in [5.41, 5.74) is 4.31. The average Bonchev–Trinajstić information content (AvgIpc) is 3.06. The van der Waals surface area contributed by atoms with Crippen molar-refractivity contribution in [2.75, 3.05) is 5.75 Å². The van der Waals surface area contributed by atoms with Crippen LogP contribution in [0.1, 0.15) is 34.1 Å². The first kappa shape index (κ1) is 21.2. The lowest BCUT2D eigenvalue weighted by molar-refractivity contribution is 0.102. The van der Waals surface area contributed by atoms with Gasteiger partial charge in [-0.15, -0.1) is 11.8 Å². The molecule has 0 aliphatic carbocycles. The number of aromatic nitrogens is 2. The third kappa shape index (κ3) is 4.36. The van der Waals surface area contributed by atoms with Gasteiger partial charge in [-0.25, -0.2) is 4.98 Å². The molecular formula is C23H21ClN2O2S2. The number of thioether (sulfide) groups is 2. The second-order valence-electron chi connectivity index (χ2n) is 7.51. The Morgan fingerprint density at radius 3 is 2.53 bits per heavy atom. The lowest BCUT2D eigenvalue weighted by atomic mass is 10.1. The number of hydrogen-bond acceptors (Lipinski definition) is 5. The molecule has 0 bridgehead atoms. The molecule has 154 valence electrons. The number of nitrogens with zero attached hydrogens (tertiary/aromatic N) is 2. The number of Topliss-reactive ketones (excluding diaryl/α,β-unsaturated/α-hetero) is 1. The lowest BCUT2D eigenvalue weighted by Gasteiger charge is -2.15. The van der Waals surface area contributed by atoms with Gasteiger partial charge in [0.05, 0.1) is 22.0 Å². The maximum atomic E-state index is 13.4. The van der Waals surface area contributed by atoms with E-state index in [0.717, 1.165) is 33.8 Å². The van der Waals surface area contributed by atoms with E-state index in [9.17, 15) is 9.59 Å². The molecule has 0 N–H and O–H groups in total. The quantitative estimate of drug-likeness (QED) is 0.287. The number of ketones is 1. The summed E-state index contributed by atoms with van der Waals surface area (Å²) in [6.07, 6.45) is 0.765. The summed E-state index contributed by atoms with van der Waals surface area (Å²) < 4.78 is 1.66. The Morgan fingerprint density at radius 1 is 1.20 bits per heavy atom. The van der Waals surface area contributed by atoms with Gasteiger partial charge in [0.15, 0.2) is 10.9 Å². The van der Waals surface area contributed by atoms with Gasteiger partial charge in [0.25, 0.3) is 5.56 Å². The van der Waals surface area contributed by atoms with Crippen molar-refractivity contribution < 1.29 is 4.79 Å². The van der Waals surface area contributed by atoms with Crippen molar-refractivity contribution in [1.82, 2.24) is 9.55 Å². The SMILES string of the molecule is Cc1cc(C)cc(-n2c(SCC(=O)c3ccc(Cl)cc3)nc3c(c2=O)SC(C)C3)c1. The zero-order valence-electron chi connectivity index (χ0n) is 16.9. The first-order chi connectivity index (χ1) is 14.3. The topological polar surface area (TPSA) is 52.0 Å². The number of benzene rings is 2. The molecule has 3 aromatic rings. The highest BCUT2D eigenvalue weighted by molar-refractivity contribution is 8.00. The van der Waals surface area contributed by atoms with Gasteiger partial charge in [0, 0.05) is 22.3 Å². The Balaban J connectivity index is 1.74. The van der Waals surface area contributed by atoms with E-state index in [-0.39, 0.29) is 17.1 Å². The summed E-state index contributed by atoms with van der Waals surface area (Å²) in [5.74, 6) is 0.168. The van der Waals surface area contributed by atoms with Gasteiger partial charge in [-0.05, 0) is 61.4 Å². The summed E-state index contributed by atoms with van der Waals surface area (Å²) >= 11 is 8.80. The van der Waals surface area contributed by atoms with E-state index in [1.54, 1.807) is 40.6 Å². The van der Waals surface area contributed by atoms with Crippen LogP contribution in [0.5, 0.6) is 0 Å². The standard InChI is InChI=1S/C23H21ClN2O2S2/c1-13-8-14(2)10-18(9-13)26-22(28)21-19(11-15(3)30-21)25-23(26)29-12-20(27)16-4-6-17(24)7-5-16/h4-10,15H,11-12H2,1-3H3. The predicted molar refractivity (Wildman–Crippen MR) is 125 cm³/mol. The molecule has 0 amide bonds. The van der Waals surface area contributed by atoms with Crippen molar-refractivity contribution in [1.29, 1.82) is 0 Å². The summed E-state index contributed by atoms with van der Waals surface area (Å²) in [6, 6.07) is 12.9. The molecule has 0 fully saturated rings. The molecule has 1 aliphatic rings. The third-order valence-electron chi connectivity index (χ3n) is 4.84. The van der Waals surface area contributed by atoms with Crippen molar-refractivity contribution in [3.63, 3.8) is 0 Å². The number of rotatable bonds is 5. The fourth-order valence-corrected chi connectivity index (χ4v) is 5.70. The average molecular weight is 457 g/mol. The van der Waals surface area contributed by atoms with Gasteiger partial charge in [-0.2, -0.15) is 0 Å². The summed E-state index contributed by atoms with van der Waals surface area (Å²) in [6.45, 7) is 6.12. The van der Waals surface area contributed by atoms with E-state index in [1.807, 2.05) is 26.0 Å². The zero-order valence-corrected chi connectivity index (χ0v) is 19.3. The molecule has 0 radical (unpaired) electrons. The van der Waals surface area contributed by atoms with Crippen molar-refractivity contribution in [3.8, 4) is 5.69 Å². The Morgan fingerprint density at radius 2 is 1.87 bits per heavy atom. The van der Waals surface area contributed by atoms with Crippen molar-refractivity contribution in [3.05, 3.63) is 80.2 Å². The van der Waals surface area contributed by atoms with Crippen LogP contribution in [0.3, 0.4) is 0 Å². The third-order valence-corrected chi connectivity index (χ3v) is 7.25. The van der Waals surface area contributed by atoms with Crippen LogP contribution in [0.15, 0.2) is 57.3 Å². The van der Waals surface area contributed by atoms with Crippen LogP contribution in [0.2, 0.25) is 5.02 Å². The van der Waals surface area contributed by atoms with E-state index in [2.05, 4.69) is 13.0 Å². The molecule has 2 aromatic carbocycles. The van der Waals surface area contributed by atoms with Crippen LogP contribution in [-0.2, 0) is 6.42 Å². The van der Waals surface area contributed by atoms with Crippen LogP contribution in [0.4, 0.5) is 0 Å². The number of halogens is 1. The smallest absolute Gasteiger partial charge is 0.272 e. The minimum atomic E-state index is -0.0548. The van der Waals surface area contributed by atoms with Crippen LogP contribution in [-0.4, -0.2) is 26.3 Å². The van der Waals surface area contributed by atoms with Crippen LogP contribution >= 0.6 is 35.1 Å². The predicted octanol–water partition coefficient (Wildman–Crippen LogP) is 5.51. The van der Waals surface area contributed by atoms with Crippen LogP contribution < -0.4 is 5.56 Å². The van der Waals surface area contributed by atoms with Gasteiger partial charge in [-0.1, -0.05) is 36.4 Å². The Bertz CT molecular complexity index is 1170. The van der Waals surface area contributed by atoms with Crippen LogP contribution in [0, 0.1) is 13.8 Å². The summed E-state index contributed by atoms with van der Waals surface area (Å²) in [5, 5.41) is 1.47. The van der Waals surface area contributed by atoms with Gasteiger partial charge in [-0.3, -0.25) is 14.2 Å². The number of carbonyl (C=O) groups is 1. The molecular weight excluding hydrogens is 436 g/mol. The second kappa shape index (κ2) is 8.61. The highest BCUT2D eigenvalue weighted by atomic mass is 35.5. The lowest BCUT2D eigenvalue weighted by Crippen LogP contribution is -2.24. The van der Waals surface area contributed by atoms with E-state index in [0.29, 0.717) is 21.0 Å². The fraction of sp³-hybridized carbons (Fsp3) is 0.261. The maximum absolute atomic E-state index is 13.4. The first-order valence-corrected chi connectivity index (χ1v) is 11.9. The highest BCUT2D eigenvalue weighted by Gasteiger charge is 2.27. The molecule has 1 unspecified atom stereocenters. The van der Waals surface area contributed by atoms with Crippen molar-refractivity contribution in [2.45, 2.75) is 42.5 Å². The number of aryl methyl sites for hydroxylation is 2. The zero-order chi connectivity index (χ0) is 21.4. The minimum absolute atomic E-state index is 0.0267. The van der Waals surface area contributed by atoms with Gasteiger partial charge >= 0.3 is 0 Å². The molecule has 7 heteroatoms. The Labute approximate surface area is 189 Å². The highest BCUT2D eigenvalue weighted by Crippen LogP contribution is 2.35. The van der Waals surface area contributed by atoms with E-state index in [1.165, 1.54) is 11.8 Å². The molecule has 4 nitrogen and oxygen atoms in total. The van der Waals surface area contributed by atoms with Crippen molar-refractivity contribution >= 4 is 40.9 Å². The molecule has 1 aliphatic heterocycles. The van der Waals surface area contributed by atoms with Gasteiger partial charge in [0.1, 0.15) is 0 Å². The largest absolute Gasteiger partial charge is 0.293 e. The molecule has 0 spiro atoms. The Hall–Kier alpha value is -2.02.